The van der Waals surface area contributed by atoms with Crippen LogP contribution in [0, 0.1) is 5.92 Å². The van der Waals surface area contributed by atoms with Gasteiger partial charge in [-0.15, -0.1) is 11.8 Å². The van der Waals surface area contributed by atoms with Gasteiger partial charge < -0.3 is 10.2 Å². The Bertz CT molecular complexity index is 813. The van der Waals surface area contributed by atoms with E-state index in [1.807, 2.05) is 30.5 Å². The third-order valence-corrected chi connectivity index (χ3v) is 5.30. The van der Waals surface area contributed by atoms with Gasteiger partial charge in [-0.25, -0.2) is 4.68 Å². The Kier molecular flexibility index (Phi) is 5.43. The lowest BCUT2D eigenvalue weighted by Gasteiger charge is -2.32. The highest BCUT2D eigenvalue weighted by atomic mass is 32.2. The average molecular weight is 358 g/mol. The lowest BCUT2D eigenvalue weighted by Crippen LogP contribution is -2.39. The number of carbonyl (C=O) groups is 1. The first-order chi connectivity index (χ1) is 12.1. The molecule has 0 atom stereocenters. The number of amides is 1. The SMILES string of the molecule is CSc1ccccc1NC(=O)C1CCN(c2ccc(=O)n(C)n2)CC1. The second-order valence-electron chi connectivity index (χ2n) is 6.10. The van der Waals surface area contributed by atoms with Crippen LogP contribution in [0.4, 0.5) is 11.5 Å². The van der Waals surface area contributed by atoms with Crippen molar-refractivity contribution in [3.63, 3.8) is 0 Å². The van der Waals surface area contributed by atoms with Crippen molar-refractivity contribution >= 4 is 29.2 Å². The van der Waals surface area contributed by atoms with Gasteiger partial charge in [0.1, 0.15) is 5.82 Å². The maximum Gasteiger partial charge on any atom is 0.266 e. The molecular weight excluding hydrogens is 336 g/mol. The summed E-state index contributed by atoms with van der Waals surface area (Å²) >= 11 is 1.63. The summed E-state index contributed by atoms with van der Waals surface area (Å²) in [7, 11) is 1.65. The second kappa shape index (κ2) is 7.74. The van der Waals surface area contributed by atoms with Crippen LogP contribution in [-0.2, 0) is 11.8 Å². The molecule has 7 heteroatoms. The quantitative estimate of drug-likeness (QED) is 0.850. The van der Waals surface area contributed by atoms with Crippen LogP contribution in [0.2, 0.25) is 0 Å². The number of carbonyl (C=O) groups excluding carboxylic acids is 1. The molecule has 2 aromatic rings. The molecule has 132 valence electrons. The van der Waals surface area contributed by atoms with Crippen molar-refractivity contribution in [2.75, 3.05) is 29.6 Å². The van der Waals surface area contributed by atoms with Crippen molar-refractivity contribution in [3.8, 4) is 0 Å². The van der Waals surface area contributed by atoms with Gasteiger partial charge >= 0.3 is 0 Å². The van der Waals surface area contributed by atoms with Gasteiger partial charge in [-0.05, 0) is 37.3 Å². The molecule has 0 spiro atoms. The van der Waals surface area contributed by atoms with Gasteiger partial charge in [0.2, 0.25) is 5.91 Å². The number of thioether (sulfide) groups is 1. The summed E-state index contributed by atoms with van der Waals surface area (Å²) in [4.78, 5) is 27.2. The molecule has 0 bridgehead atoms. The fourth-order valence-corrected chi connectivity index (χ4v) is 3.57. The van der Waals surface area contributed by atoms with E-state index in [0.29, 0.717) is 0 Å². The van der Waals surface area contributed by atoms with E-state index in [9.17, 15) is 9.59 Å². The standard InChI is InChI=1S/C18H22N4O2S/c1-21-17(23)8-7-16(20-21)22-11-9-13(10-12-22)18(24)19-14-5-3-4-6-15(14)25-2/h3-8,13H,9-12H2,1-2H3,(H,19,24). The van der Waals surface area contributed by atoms with Crippen molar-refractivity contribution in [2.24, 2.45) is 13.0 Å². The average Bonchev–Trinajstić information content (AvgIpc) is 2.64. The molecule has 2 heterocycles. The summed E-state index contributed by atoms with van der Waals surface area (Å²) in [5.41, 5.74) is 0.757. The zero-order valence-corrected chi connectivity index (χ0v) is 15.3. The number of hydrogen-bond acceptors (Lipinski definition) is 5. The number of aryl methyl sites for hydroxylation is 1. The van der Waals surface area contributed by atoms with E-state index >= 15 is 0 Å². The Morgan fingerprint density at radius 1 is 1.20 bits per heavy atom. The maximum atomic E-state index is 12.6. The zero-order chi connectivity index (χ0) is 17.8. The van der Waals surface area contributed by atoms with Crippen LogP contribution in [0.5, 0.6) is 0 Å². The molecule has 25 heavy (non-hydrogen) atoms. The molecule has 1 aromatic carbocycles. The topological polar surface area (TPSA) is 67.2 Å². The van der Waals surface area contributed by atoms with Crippen molar-refractivity contribution in [2.45, 2.75) is 17.7 Å². The number of benzene rings is 1. The molecule has 1 N–H and O–H groups in total. The summed E-state index contributed by atoms with van der Waals surface area (Å²) < 4.78 is 1.34. The van der Waals surface area contributed by atoms with Crippen molar-refractivity contribution in [3.05, 3.63) is 46.8 Å². The first-order valence-electron chi connectivity index (χ1n) is 8.31. The molecule has 1 aliphatic heterocycles. The van der Waals surface area contributed by atoms with Crippen LogP contribution in [-0.4, -0.2) is 35.0 Å². The van der Waals surface area contributed by atoms with Gasteiger partial charge in [0, 0.05) is 37.0 Å². The van der Waals surface area contributed by atoms with Crippen LogP contribution in [0.25, 0.3) is 0 Å². The van der Waals surface area contributed by atoms with E-state index in [0.717, 1.165) is 42.3 Å². The molecule has 0 radical (unpaired) electrons. The van der Waals surface area contributed by atoms with Gasteiger partial charge in [0.25, 0.3) is 5.56 Å². The van der Waals surface area contributed by atoms with Crippen LogP contribution < -0.4 is 15.8 Å². The van der Waals surface area contributed by atoms with Gasteiger partial charge in [-0.3, -0.25) is 9.59 Å². The number of piperidine rings is 1. The second-order valence-corrected chi connectivity index (χ2v) is 6.95. The minimum absolute atomic E-state index is 0.00121. The van der Waals surface area contributed by atoms with E-state index < -0.39 is 0 Å². The van der Waals surface area contributed by atoms with Crippen LogP contribution >= 0.6 is 11.8 Å². The van der Waals surface area contributed by atoms with Crippen LogP contribution in [0.15, 0.2) is 46.1 Å². The number of rotatable bonds is 4. The van der Waals surface area contributed by atoms with Gasteiger partial charge in [0.05, 0.1) is 5.69 Å². The fourth-order valence-electron chi connectivity index (χ4n) is 3.01. The molecule has 6 nitrogen and oxygen atoms in total. The third kappa shape index (κ3) is 4.04. The predicted octanol–water partition coefficient (Wildman–Crippen LogP) is 2.36. The van der Waals surface area contributed by atoms with Crippen LogP contribution in [0.3, 0.4) is 0 Å². The highest BCUT2D eigenvalue weighted by Gasteiger charge is 2.26. The Morgan fingerprint density at radius 2 is 1.92 bits per heavy atom. The van der Waals surface area contributed by atoms with Gasteiger partial charge in [0.15, 0.2) is 0 Å². The third-order valence-electron chi connectivity index (χ3n) is 4.50. The van der Waals surface area contributed by atoms with Gasteiger partial charge in [-0.2, -0.15) is 5.10 Å². The molecule has 1 fully saturated rings. The molecule has 1 amide bonds. The predicted molar refractivity (Wildman–Crippen MR) is 101 cm³/mol. The summed E-state index contributed by atoms with van der Waals surface area (Å²) in [5, 5.41) is 7.35. The van der Waals surface area contributed by atoms with Crippen molar-refractivity contribution in [1.29, 1.82) is 0 Å². The molecule has 1 aliphatic rings. The van der Waals surface area contributed by atoms with Crippen LogP contribution in [0.1, 0.15) is 12.8 Å². The van der Waals surface area contributed by atoms with Crippen molar-refractivity contribution < 1.29 is 4.79 Å². The summed E-state index contributed by atoms with van der Waals surface area (Å²) in [6.45, 7) is 1.51. The lowest BCUT2D eigenvalue weighted by molar-refractivity contribution is -0.120. The van der Waals surface area contributed by atoms with E-state index in [4.69, 9.17) is 0 Å². The largest absolute Gasteiger partial charge is 0.355 e. The highest BCUT2D eigenvalue weighted by molar-refractivity contribution is 7.98. The number of anilines is 2. The number of aromatic nitrogens is 2. The Hall–Kier alpha value is -2.28. The lowest BCUT2D eigenvalue weighted by atomic mass is 9.96. The molecule has 1 saturated heterocycles. The summed E-state index contributed by atoms with van der Waals surface area (Å²) in [6, 6.07) is 11.1. The first-order valence-corrected chi connectivity index (χ1v) is 9.54. The smallest absolute Gasteiger partial charge is 0.266 e. The number of hydrogen-bond donors (Lipinski definition) is 1. The monoisotopic (exact) mass is 358 g/mol. The zero-order valence-electron chi connectivity index (χ0n) is 14.4. The minimum Gasteiger partial charge on any atom is -0.355 e. The number of nitrogens with zero attached hydrogens (tertiary/aromatic N) is 3. The summed E-state index contributed by atoms with van der Waals surface area (Å²) in [5.74, 6) is 0.863. The molecule has 1 aromatic heterocycles. The van der Waals surface area contributed by atoms with E-state index in [1.165, 1.54) is 10.7 Å². The Balaban J connectivity index is 1.60. The molecular formula is C18H22N4O2S. The van der Waals surface area contributed by atoms with E-state index in [2.05, 4.69) is 15.3 Å². The Morgan fingerprint density at radius 3 is 2.60 bits per heavy atom. The molecule has 3 rings (SSSR count). The molecule has 0 aliphatic carbocycles. The van der Waals surface area contributed by atoms with E-state index in [-0.39, 0.29) is 17.4 Å². The Labute approximate surface area is 151 Å². The minimum atomic E-state index is -0.120. The normalized spacial score (nSPS) is 15.2. The van der Waals surface area contributed by atoms with E-state index in [1.54, 1.807) is 24.9 Å². The number of para-hydroxylation sites is 1. The highest BCUT2D eigenvalue weighted by Crippen LogP contribution is 2.27. The fraction of sp³-hybridized carbons (Fsp3) is 0.389. The van der Waals surface area contributed by atoms with Crippen molar-refractivity contribution in [1.82, 2.24) is 9.78 Å². The first kappa shape index (κ1) is 17.5. The summed E-state index contributed by atoms with van der Waals surface area (Å²) in [6.07, 6.45) is 3.55. The van der Waals surface area contributed by atoms with Gasteiger partial charge in [-0.1, -0.05) is 12.1 Å². The molecule has 0 saturated carbocycles. The molecule has 0 unspecified atom stereocenters. The maximum absolute atomic E-state index is 12.6. The number of nitrogens with one attached hydrogen (secondary N) is 1.